The van der Waals surface area contributed by atoms with Gasteiger partial charge in [0, 0.05) is 6.92 Å². The molecule has 0 fully saturated rings. The highest BCUT2D eigenvalue weighted by Gasteiger charge is 1.84. The minimum Gasteiger partial charge on any atom is -0.462 e. The van der Waals surface area contributed by atoms with Gasteiger partial charge in [0.05, 0.1) is 0 Å². The molecular weight excluding hydrogens is 128 g/mol. The Morgan fingerprint density at radius 3 is 2.70 bits per heavy atom. The second-order valence-corrected chi connectivity index (χ2v) is 1.76. The third-order valence-corrected chi connectivity index (χ3v) is 0.822. The van der Waals surface area contributed by atoms with Gasteiger partial charge in [-0.2, -0.15) is 0 Å². The molecule has 0 bridgehead atoms. The van der Waals surface area contributed by atoms with Crippen molar-refractivity contribution in [3.8, 4) is 0 Å². The number of ether oxygens (including phenoxy) is 1. The monoisotopic (exact) mass is 140 g/mol. The fraction of sp³-hybridized carbons (Fsp3) is 0.375. The average Bonchev–Trinajstić information content (AvgIpc) is 1.87. The fourth-order valence-electron chi connectivity index (χ4n) is 0.411. The Labute approximate surface area is 61.2 Å². The molecule has 0 aliphatic heterocycles. The summed E-state index contributed by atoms with van der Waals surface area (Å²) in [6.07, 6.45) is 7.40. The Kier molecular flexibility index (Phi) is 5.44. The molecule has 0 radical (unpaired) electrons. The molecule has 0 heterocycles. The van der Waals surface area contributed by atoms with Gasteiger partial charge in [-0.25, -0.2) is 0 Å². The van der Waals surface area contributed by atoms with Gasteiger partial charge in [-0.05, 0) is 13.0 Å². The van der Waals surface area contributed by atoms with Crippen LogP contribution in [0.3, 0.4) is 0 Å². The number of esters is 1. The van der Waals surface area contributed by atoms with Gasteiger partial charge in [-0.15, -0.1) is 0 Å². The van der Waals surface area contributed by atoms with Crippen molar-refractivity contribution in [1.82, 2.24) is 0 Å². The van der Waals surface area contributed by atoms with E-state index >= 15 is 0 Å². The van der Waals surface area contributed by atoms with Crippen molar-refractivity contribution in [1.29, 1.82) is 0 Å². The summed E-state index contributed by atoms with van der Waals surface area (Å²) < 4.78 is 4.63. The summed E-state index contributed by atoms with van der Waals surface area (Å²) in [4.78, 5) is 10.2. The summed E-state index contributed by atoms with van der Waals surface area (Å²) in [7, 11) is 0. The van der Waals surface area contributed by atoms with Crippen LogP contribution in [0.4, 0.5) is 0 Å². The topological polar surface area (TPSA) is 26.3 Å². The molecule has 0 aliphatic rings. The van der Waals surface area contributed by atoms with Gasteiger partial charge in [0.25, 0.3) is 0 Å². The lowest BCUT2D eigenvalue weighted by molar-refractivity contribution is -0.139. The predicted molar refractivity (Wildman–Crippen MR) is 40.6 cm³/mol. The highest BCUT2D eigenvalue weighted by Crippen LogP contribution is 1.80. The van der Waals surface area contributed by atoms with Gasteiger partial charge in [0.2, 0.25) is 0 Å². The van der Waals surface area contributed by atoms with Crippen LogP contribution in [0.5, 0.6) is 0 Å². The normalized spacial score (nSPS) is 11.0. The standard InChI is InChI=1S/C8H12O2/c1-3-4-5-6-7-10-8(2)9/h3-6H,7H2,1-2H3/b4-3+,6-5+. The van der Waals surface area contributed by atoms with Crippen molar-refractivity contribution in [2.45, 2.75) is 13.8 Å². The molecule has 0 N–H and O–H groups in total. The summed E-state index contributed by atoms with van der Waals surface area (Å²) in [5.41, 5.74) is 0. The third-order valence-electron chi connectivity index (χ3n) is 0.822. The predicted octanol–water partition coefficient (Wildman–Crippen LogP) is 1.68. The van der Waals surface area contributed by atoms with Gasteiger partial charge >= 0.3 is 5.97 Å². The maximum atomic E-state index is 10.2. The van der Waals surface area contributed by atoms with Gasteiger partial charge < -0.3 is 4.74 Å². The van der Waals surface area contributed by atoms with Gasteiger partial charge in [-0.1, -0.05) is 18.2 Å². The number of carbonyl (C=O) groups is 1. The van der Waals surface area contributed by atoms with Crippen molar-refractivity contribution in [3.63, 3.8) is 0 Å². The molecule has 0 amide bonds. The van der Waals surface area contributed by atoms with E-state index in [-0.39, 0.29) is 5.97 Å². The first-order chi connectivity index (χ1) is 4.77. The van der Waals surface area contributed by atoms with E-state index in [1.54, 1.807) is 6.08 Å². The number of allylic oxidation sites excluding steroid dienone is 3. The molecule has 0 aromatic carbocycles. The number of hydrogen-bond acceptors (Lipinski definition) is 2. The molecule has 10 heavy (non-hydrogen) atoms. The SMILES string of the molecule is C/C=C/C=C/COC(C)=O. The molecule has 0 saturated carbocycles. The number of rotatable bonds is 3. The van der Waals surface area contributed by atoms with Crippen molar-refractivity contribution < 1.29 is 9.53 Å². The van der Waals surface area contributed by atoms with Crippen molar-refractivity contribution in [3.05, 3.63) is 24.3 Å². The van der Waals surface area contributed by atoms with E-state index in [0.29, 0.717) is 6.61 Å². The maximum absolute atomic E-state index is 10.2. The van der Waals surface area contributed by atoms with Crippen molar-refractivity contribution >= 4 is 5.97 Å². The lowest BCUT2D eigenvalue weighted by Gasteiger charge is -1.92. The molecule has 0 saturated heterocycles. The molecule has 0 aromatic rings. The first kappa shape index (κ1) is 8.95. The van der Waals surface area contributed by atoms with E-state index < -0.39 is 0 Å². The Bertz CT molecular complexity index is 145. The Balaban J connectivity index is 3.27. The molecule has 0 atom stereocenters. The number of carbonyl (C=O) groups excluding carboxylic acids is 1. The Hall–Kier alpha value is -1.05. The van der Waals surface area contributed by atoms with Crippen molar-refractivity contribution in [2.75, 3.05) is 6.61 Å². The largest absolute Gasteiger partial charge is 0.462 e. The molecule has 2 heteroatoms. The molecule has 0 aliphatic carbocycles. The van der Waals surface area contributed by atoms with E-state index in [2.05, 4.69) is 4.74 Å². The van der Waals surface area contributed by atoms with Gasteiger partial charge in [-0.3, -0.25) is 4.79 Å². The summed E-state index contributed by atoms with van der Waals surface area (Å²) in [6, 6.07) is 0. The molecular formula is C8H12O2. The van der Waals surface area contributed by atoms with Crippen LogP contribution in [-0.2, 0) is 9.53 Å². The van der Waals surface area contributed by atoms with Crippen LogP contribution in [0, 0.1) is 0 Å². The Morgan fingerprint density at radius 2 is 2.20 bits per heavy atom. The van der Waals surface area contributed by atoms with Gasteiger partial charge in [0.15, 0.2) is 0 Å². The molecule has 2 nitrogen and oxygen atoms in total. The smallest absolute Gasteiger partial charge is 0.302 e. The zero-order chi connectivity index (χ0) is 7.82. The summed E-state index contributed by atoms with van der Waals surface area (Å²) in [6.45, 7) is 3.68. The quantitative estimate of drug-likeness (QED) is 0.440. The van der Waals surface area contributed by atoms with Crippen LogP contribution >= 0.6 is 0 Å². The van der Waals surface area contributed by atoms with E-state index in [9.17, 15) is 4.79 Å². The zero-order valence-electron chi connectivity index (χ0n) is 6.33. The summed E-state index contributed by atoms with van der Waals surface area (Å²) in [5.74, 6) is -0.245. The van der Waals surface area contributed by atoms with Crippen LogP contribution < -0.4 is 0 Å². The summed E-state index contributed by atoms with van der Waals surface area (Å²) in [5, 5.41) is 0. The lowest BCUT2D eigenvalue weighted by Crippen LogP contribution is -1.96. The number of hydrogen-bond donors (Lipinski definition) is 0. The van der Waals surface area contributed by atoms with E-state index in [1.165, 1.54) is 6.92 Å². The summed E-state index contributed by atoms with van der Waals surface area (Å²) >= 11 is 0. The highest BCUT2D eigenvalue weighted by atomic mass is 16.5. The molecule has 0 unspecified atom stereocenters. The van der Waals surface area contributed by atoms with Crippen LogP contribution in [0.25, 0.3) is 0 Å². The molecule has 56 valence electrons. The van der Waals surface area contributed by atoms with Crippen LogP contribution in [0.15, 0.2) is 24.3 Å². The first-order valence-corrected chi connectivity index (χ1v) is 3.18. The van der Waals surface area contributed by atoms with Crippen molar-refractivity contribution in [2.24, 2.45) is 0 Å². The zero-order valence-corrected chi connectivity index (χ0v) is 6.33. The second kappa shape index (κ2) is 6.08. The van der Waals surface area contributed by atoms with Gasteiger partial charge in [0.1, 0.15) is 6.61 Å². The Morgan fingerprint density at radius 1 is 1.50 bits per heavy atom. The molecule has 0 aromatic heterocycles. The van der Waals surface area contributed by atoms with E-state index in [4.69, 9.17) is 0 Å². The maximum Gasteiger partial charge on any atom is 0.302 e. The second-order valence-electron chi connectivity index (χ2n) is 1.76. The highest BCUT2D eigenvalue weighted by molar-refractivity contribution is 5.65. The minimum absolute atomic E-state index is 0.245. The van der Waals surface area contributed by atoms with E-state index in [0.717, 1.165) is 0 Å². The lowest BCUT2D eigenvalue weighted by atomic mass is 10.4. The first-order valence-electron chi connectivity index (χ1n) is 3.18. The minimum atomic E-state index is -0.245. The van der Waals surface area contributed by atoms with Crippen LogP contribution in [0.1, 0.15) is 13.8 Å². The fourth-order valence-corrected chi connectivity index (χ4v) is 0.411. The van der Waals surface area contributed by atoms with Crippen LogP contribution in [-0.4, -0.2) is 12.6 Å². The third kappa shape index (κ3) is 6.95. The van der Waals surface area contributed by atoms with E-state index in [1.807, 2.05) is 25.2 Å². The average molecular weight is 140 g/mol. The molecule has 0 rings (SSSR count). The van der Waals surface area contributed by atoms with Crippen LogP contribution in [0.2, 0.25) is 0 Å². The molecule has 0 spiro atoms.